The molecule has 1 heterocycles. The number of oxazole rings is 1. The van der Waals surface area contributed by atoms with Gasteiger partial charge in [-0.25, -0.2) is 4.98 Å². The zero-order chi connectivity index (χ0) is 13.0. The molecule has 0 aliphatic heterocycles. The first-order valence-electron chi connectivity index (χ1n) is 6.68. The SMILES string of the molecule is CCc1cnc(CNCC(=O)N(CC)C2CC2)o1. The Bertz CT molecular complexity index is 399. The quantitative estimate of drug-likeness (QED) is 0.794. The second-order valence-corrected chi connectivity index (χ2v) is 4.59. The Balaban J connectivity index is 1.72. The van der Waals surface area contributed by atoms with Gasteiger partial charge in [-0.3, -0.25) is 10.1 Å². The van der Waals surface area contributed by atoms with Crippen LogP contribution >= 0.6 is 0 Å². The zero-order valence-corrected chi connectivity index (χ0v) is 11.1. The smallest absolute Gasteiger partial charge is 0.236 e. The summed E-state index contributed by atoms with van der Waals surface area (Å²) in [6.45, 7) is 5.71. The van der Waals surface area contributed by atoms with Gasteiger partial charge < -0.3 is 9.32 Å². The minimum atomic E-state index is 0.169. The molecule has 1 aliphatic carbocycles. The molecule has 1 aromatic rings. The summed E-state index contributed by atoms with van der Waals surface area (Å²) in [5, 5.41) is 3.09. The molecule has 0 spiro atoms. The van der Waals surface area contributed by atoms with E-state index in [1.807, 2.05) is 18.7 Å². The molecular formula is C13H21N3O2. The third-order valence-corrected chi connectivity index (χ3v) is 3.15. The number of nitrogens with zero attached hydrogens (tertiary/aromatic N) is 2. The van der Waals surface area contributed by atoms with Crippen LogP contribution in [0.5, 0.6) is 0 Å². The number of aryl methyl sites for hydroxylation is 1. The monoisotopic (exact) mass is 251 g/mol. The van der Waals surface area contributed by atoms with Gasteiger partial charge in [-0.2, -0.15) is 0 Å². The number of rotatable bonds is 7. The van der Waals surface area contributed by atoms with Crippen LogP contribution < -0.4 is 5.32 Å². The van der Waals surface area contributed by atoms with Crippen LogP contribution in [-0.2, 0) is 17.8 Å². The number of amides is 1. The first kappa shape index (κ1) is 13.1. The van der Waals surface area contributed by atoms with Gasteiger partial charge in [0.2, 0.25) is 11.8 Å². The number of aromatic nitrogens is 1. The van der Waals surface area contributed by atoms with Crippen molar-refractivity contribution in [3.63, 3.8) is 0 Å². The van der Waals surface area contributed by atoms with Gasteiger partial charge in [0.1, 0.15) is 5.76 Å². The molecule has 5 heteroatoms. The summed E-state index contributed by atoms with van der Waals surface area (Å²) >= 11 is 0. The summed E-state index contributed by atoms with van der Waals surface area (Å²) in [6.07, 6.45) is 4.89. The van der Waals surface area contributed by atoms with Crippen LogP contribution in [-0.4, -0.2) is 34.9 Å². The van der Waals surface area contributed by atoms with Crippen molar-refractivity contribution < 1.29 is 9.21 Å². The summed E-state index contributed by atoms with van der Waals surface area (Å²) in [4.78, 5) is 18.0. The lowest BCUT2D eigenvalue weighted by molar-refractivity contribution is -0.130. The van der Waals surface area contributed by atoms with Crippen molar-refractivity contribution in [2.24, 2.45) is 0 Å². The van der Waals surface area contributed by atoms with Crippen LogP contribution in [0.2, 0.25) is 0 Å². The van der Waals surface area contributed by atoms with Crippen molar-refractivity contribution in [1.82, 2.24) is 15.2 Å². The van der Waals surface area contributed by atoms with E-state index in [0.717, 1.165) is 31.6 Å². The highest BCUT2D eigenvalue weighted by atomic mass is 16.4. The second-order valence-electron chi connectivity index (χ2n) is 4.59. The van der Waals surface area contributed by atoms with E-state index in [9.17, 15) is 4.79 Å². The van der Waals surface area contributed by atoms with Gasteiger partial charge in [0, 0.05) is 19.0 Å². The molecule has 1 amide bonds. The van der Waals surface area contributed by atoms with Gasteiger partial charge in [0.05, 0.1) is 19.3 Å². The molecule has 0 radical (unpaired) electrons. The lowest BCUT2D eigenvalue weighted by Crippen LogP contribution is -2.39. The molecule has 1 aromatic heterocycles. The Kier molecular flexibility index (Phi) is 4.36. The summed E-state index contributed by atoms with van der Waals surface area (Å²) in [5.74, 6) is 1.70. The summed E-state index contributed by atoms with van der Waals surface area (Å²) < 4.78 is 5.46. The Morgan fingerprint density at radius 1 is 1.56 bits per heavy atom. The number of hydrogen-bond acceptors (Lipinski definition) is 4. The number of carbonyl (C=O) groups excluding carboxylic acids is 1. The lowest BCUT2D eigenvalue weighted by Gasteiger charge is -2.20. The highest BCUT2D eigenvalue weighted by molar-refractivity contribution is 5.78. The number of likely N-dealkylation sites (N-methyl/N-ethyl adjacent to an activating group) is 1. The summed E-state index contributed by atoms with van der Waals surface area (Å²) in [6, 6.07) is 0.484. The molecule has 18 heavy (non-hydrogen) atoms. The van der Waals surface area contributed by atoms with E-state index >= 15 is 0 Å². The van der Waals surface area contributed by atoms with E-state index in [1.54, 1.807) is 6.20 Å². The topological polar surface area (TPSA) is 58.4 Å². The van der Waals surface area contributed by atoms with E-state index in [0.29, 0.717) is 25.0 Å². The molecule has 0 aromatic carbocycles. The Labute approximate surface area is 108 Å². The summed E-state index contributed by atoms with van der Waals surface area (Å²) in [7, 11) is 0. The molecule has 0 saturated heterocycles. The standard InChI is InChI=1S/C13H21N3O2/c1-3-11-7-15-12(18-11)8-14-9-13(17)16(4-2)10-5-6-10/h7,10,14H,3-6,8-9H2,1-2H3. The Hall–Kier alpha value is -1.36. The van der Waals surface area contributed by atoms with Crippen molar-refractivity contribution in [1.29, 1.82) is 0 Å². The molecule has 1 saturated carbocycles. The van der Waals surface area contributed by atoms with Gasteiger partial charge in [0.25, 0.3) is 0 Å². The van der Waals surface area contributed by atoms with E-state index < -0.39 is 0 Å². The maximum absolute atomic E-state index is 11.9. The van der Waals surface area contributed by atoms with Crippen LogP contribution in [0.3, 0.4) is 0 Å². The van der Waals surface area contributed by atoms with Crippen LogP contribution in [0.4, 0.5) is 0 Å². The average Bonchev–Trinajstić information content (AvgIpc) is 3.09. The van der Waals surface area contributed by atoms with Crippen molar-refractivity contribution in [2.45, 2.75) is 45.7 Å². The zero-order valence-electron chi connectivity index (χ0n) is 11.1. The van der Waals surface area contributed by atoms with Crippen molar-refractivity contribution in [2.75, 3.05) is 13.1 Å². The predicted octanol–water partition coefficient (Wildman–Crippen LogP) is 1.34. The highest BCUT2D eigenvalue weighted by Gasteiger charge is 2.30. The van der Waals surface area contributed by atoms with Gasteiger partial charge in [-0.1, -0.05) is 6.92 Å². The third-order valence-electron chi connectivity index (χ3n) is 3.15. The lowest BCUT2D eigenvalue weighted by atomic mass is 10.4. The fraction of sp³-hybridized carbons (Fsp3) is 0.692. The maximum atomic E-state index is 11.9. The average molecular weight is 251 g/mol. The van der Waals surface area contributed by atoms with E-state index in [-0.39, 0.29) is 5.91 Å². The molecule has 2 rings (SSSR count). The third kappa shape index (κ3) is 3.32. The largest absolute Gasteiger partial charge is 0.444 e. The maximum Gasteiger partial charge on any atom is 0.236 e. The predicted molar refractivity (Wildman–Crippen MR) is 68.0 cm³/mol. The molecule has 0 bridgehead atoms. The fourth-order valence-electron chi connectivity index (χ4n) is 2.00. The minimum absolute atomic E-state index is 0.169. The van der Waals surface area contributed by atoms with Crippen molar-refractivity contribution >= 4 is 5.91 Å². The van der Waals surface area contributed by atoms with E-state index in [4.69, 9.17) is 4.42 Å². The van der Waals surface area contributed by atoms with Crippen molar-refractivity contribution in [3.8, 4) is 0 Å². The fourth-order valence-corrected chi connectivity index (χ4v) is 2.00. The van der Waals surface area contributed by atoms with Gasteiger partial charge in [0.15, 0.2) is 0 Å². The number of hydrogen-bond donors (Lipinski definition) is 1. The first-order valence-corrected chi connectivity index (χ1v) is 6.68. The number of nitrogens with one attached hydrogen (secondary N) is 1. The molecule has 100 valence electrons. The van der Waals surface area contributed by atoms with Gasteiger partial charge in [-0.15, -0.1) is 0 Å². The molecule has 1 N–H and O–H groups in total. The van der Waals surface area contributed by atoms with E-state index in [2.05, 4.69) is 10.3 Å². The minimum Gasteiger partial charge on any atom is -0.444 e. The highest BCUT2D eigenvalue weighted by Crippen LogP contribution is 2.26. The van der Waals surface area contributed by atoms with Crippen LogP contribution in [0.15, 0.2) is 10.6 Å². The van der Waals surface area contributed by atoms with Crippen LogP contribution in [0, 0.1) is 0 Å². The Morgan fingerprint density at radius 3 is 2.89 bits per heavy atom. The second kappa shape index (κ2) is 6.00. The van der Waals surface area contributed by atoms with Crippen LogP contribution in [0.1, 0.15) is 38.3 Å². The van der Waals surface area contributed by atoms with Gasteiger partial charge in [-0.05, 0) is 19.8 Å². The molecular weight excluding hydrogens is 230 g/mol. The molecule has 1 aliphatic rings. The summed E-state index contributed by atoms with van der Waals surface area (Å²) in [5.41, 5.74) is 0. The molecule has 5 nitrogen and oxygen atoms in total. The molecule has 0 atom stereocenters. The van der Waals surface area contributed by atoms with Crippen LogP contribution in [0.25, 0.3) is 0 Å². The first-order chi connectivity index (χ1) is 8.74. The van der Waals surface area contributed by atoms with E-state index in [1.165, 1.54) is 0 Å². The Morgan fingerprint density at radius 2 is 2.33 bits per heavy atom. The number of carbonyl (C=O) groups is 1. The van der Waals surface area contributed by atoms with Gasteiger partial charge >= 0.3 is 0 Å². The van der Waals surface area contributed by atoms with Crippen molar-refractivity contribution in [3.05, 3.63) is 17.8 Å². The molecule has 1 fully saturated rings. The molecule has 0 unspecified atom stereocenters. The normalized spacial score (nSPS) is 14.8.